The zero-order valence-electron chi connectivity index (χ0n) is 21.4. The van der Waals surface area contributed by atoms with Crippen LogP contribution in [0.15, 0.2) is 72.8 Å². The van der Waals surface area contributed by atoms with Gasteiger partial charge in [-0.2, -0.15) is 0 Å². The van der Waals surface area contributed by atoms with Crippen molar-refractivity contribution < 1.29 is 19.0 Å². The fourth-order valence-corrected chi connectivity index (χ4v) is 5.73. The summed E-state index contributed by atoms with van der Waals surface area (Å²) in [7, 11) is 1.51. The number of likely N-dealkylation sites (N-methyl/N-ethyl adjacent to an activating group) is 1. The Kier molecular flexibility index (Phi) is 6.86. The third kappa shape index (κ3) is 5.16. The van der Waals surface area contributed by atoms with Gasteiger partial charge in [0, 0.05) is 36.2 Å². The van der Waals surface area contributed by atoms with Crippen molar-refractivity contribution in [1.29, 1.82) is 0 Å². The molecule has 2 saturated heterocycles. The molecule has 3 aromatic carbocycles. The Balaban J connectivity index is 1.35. The zero-order chi connectivity index (χ0) is 26.2. The highest BCUT2D eigenvalue weighted by Gasteiger charge is 2.50. The number of fused-ring (bicyclic) bond motifs is 1. The van der Waals surface area contributed by atoms with E-state index < -0.39 is 10.6 Å². The van der Waals surface area contributed by atoms with Crippen LogP contribution in [0.5, 0.6) is 11.5 Å². The van der Waals surface area contributed by atoms with Crippen LogP contribution in [0.4, 0.5) is 5.69 Å². The van der Waals surface area contributed by atoms with Gasteiger partial charge in [-0.1, -0.05) is 30.3 Å². The Bertz CT molecular complexity index is 1310. The van der Waals surface area contributed by atoms with Crippen LogP contribution in [0.2, 0.25) is 0 Å². The van der Waals surface area contributed by atoms with Gasteiger partial charge in [0.15, 0.2) is 0 Å². The molecule has 3 aromatic rings. The van der Waals surface area contributed by atoms with Crippen LogP contribution in [0.25, 0.3) is 0 Å². The van der Waals surface area contributed by atoms with Crippen molar-refractivity contribution in [2.24, 2.45) is 5.92 Å². The number of carbonyl (C=O) groups excluding carboxylic acids is 2. The van der Waals surface area contributed by atoms with E-state index in [4.69, 9.17) is 4.74 Å². The van der Waals surface area contributed by atoms with E-state index in [0.717, 1.165) is 17.7 Å². The van der Waals surface area contributed by atoms with Crippen LogP contribution in [-0.4, -0.2) is 42.1 Å². The molecule has 5 unspecified atom stereocenters. The number of benzene rings is 3. The number of ether oxygens (including phenoxy) is 1. The number of nitrogens with one attached hydrogen (secondary N) is 2. The lowest BCUT2D eigenvalue weighted by Gasteiger charge is -2.54. The summed E-state index contributed by atoms with van der Waals surface area (Å²) in [5.41, 5.74) is 2.79. The lowest BCUT2D eigenvalue weighted by atomic mass is 9.74. The molecule has 2 heterocycles. The van der Waals surface area contributed by atoms with Gasteiger partial charge in [0.2, 0.25) is 0 Å². The number of carbonyl (C=O) groups is 2. The maximum absolute atomic E-state index is 13.5. The average Bonchev–Trinajstić information content (AvgIpc) is 2.89. The number of piperidine rings is 2. The molecule has 2 aliphatic rings. The molecule has 37 heavy (non-hydrogen) atoms. The van der Waals surface area contributed by atoms with Crippen molar-refractivity contribution in [2.75, 3.05) is 18.9 Å². The zero-order valence-corrected chi connectivity index (χ0v) is 21.4. The van der Waals surface area contributed by atoms with Crippen LogP contribution in [0, 0.1) is 18.0 Å². The quantitative estimate of drug-likeness (QED) is 0.364. The molecule has 0 spiro atoms. The maximum Gasteiger partial charge on any atom is 0.321 e. The monoisotopic (exact) mass is 499 g/mol. The summed E-state index contributed by atoms with van der Waals surface area (Å²) in [5.74, 6) is 0.304. The first kappa shape index (κ1) is 25.1. The van der Waals surface area contributed by atoms with Crippen molar-refractivity contribution in [1.82, 2.24) is 5.32 Å². The van der Waals surface area contributed by atoms with E-state index in [1.807, 2.05) is 55.5 Å². The number of para-hydroxylation sites is 1. The molecule has 2 N–H and O–H groups in total. The molecule has 0 aliphatic carbocycles. The van der Waals surface area contributed by atoms with Crippen LogP contribution in [0.3, 0.4) is 0 Å². The Labute approximate surface area is 217 Å². The molecular formula is C30H33N3O4. The largest absolute Gasteiger partial charge is 0.625 e. The normalized spacial score (nSPS) is 27.3. The molecule has 192 valence electrons. The first-order valence-corrected chi connectivity index (χ1v) is 12.8. The molecule has 2 aliphatic heterocycles. The van der Waals surface area contributed by atoms with E-state index in [1.54, 1.807) is 24.3 Å². The number of rotatable bonds is 5. The molecule has 0 radical (unpaired) electrons. The standard InChI is InChI=1S/C30H33N3O4/c1-19-12-13-23(32-29(34)21-8-7-11-25(15-21)37-24-9-5-4-6-10-24)17-26(19)27-16-22-18-31-20(2)14-28(22)33(3,36)30(27)35/h4-13,15,17,20,22,27-28,31H,14,16,18H2,1-3H3,(H,32,34). The minimum Gasteiger partial charge on any atom is -0.625 e. The van der Waals surface area contributed by atoms with Crippen LogP contribution >= 0.6 is 0 Å². The van der Waals surface area contributed by atoms with Gasteiger partial charge in [0.25, 0.3) is 5.91 Å². The van der Waals surface area contributed by atoms with Crippen LogP contribution < -0.4 is 15.4 Å². The van der Waals surface area contributed by atoms with Gasteiger partial charge in [0.05, 0.1) is 7.05 Å². The molecule has 5 rings (SSSR count). The number of aryl methyl sites for hydroxylation is 1. The number of quaternary nitrogens is 1. The van der Waals surface area contributed by atoms with Crippen molar-refractivity contribution in [3.63, 3.8) is 0 Å². The number of amides is 2. The second-order valence-corrected chi connectivity index (χ2v) is 10.5. The fourth-order valence-electron chi connectivity index (χ4n) is 5.73. The number of hydrogen-bond donors (Lipinski definition) is 2. The van der Waals surface area contributed by atoms with Gasteiger partial charge in [-0.05, 0) is 73.9 Å². The summed E-state index contributed by atoms with van der Waals surface area (Å²) < 4.78 is 5.02. The van der Waals surface area contributed by atoms with Crippen molar-refractivity contribution in [3.8, 4) is 11.5 Å². The summed E-state index contributed by atoms with van der Waals surface area (Å²) in [4.78, 5) is 26.5. The Morgan fingerprint density at radius 3 is 2.57 bits per heavy atom. The van der Waals surface area contributed by atoms with Crippen molar-refractivity contribution >= 4 is 17.5 Å². The number of anilines is 1. The molecule has 7 heteroatoms. The van der Waals surface area contributed by atoms with Gasteiger partial charge in [-0.15, -0.1) is 0 Å². The van der Waals surface area contributed by atoms with E-state index in [1.165, 1.54) is 7.05 Å². The third-order valence-electron chi connectivity index (χ3n) is 7.76. The Morgan fingerprint density at radius 1 is 1.03 bits per heavy atom. The molecular weight excluding hydrogens is 466 g/mol. The third-order valence-corrected chi connectivity index (χ3v) is 7.76. The number of likely N-dealkylation sites (tertiary alicyclic amines) is 1. The van der Waals surface area contributed by atoms with Crippen LogP contribution in [-0.2, 0) is 4.79 Å². The highest BCUT2D eigenvalue weighted by molar-refractivity contribution is 6.04. The summed E-state index contributed by atoms with van der Waals surface area (Å²) in [6.07, 6.45) is 1.33. The summed E-state index contributed by atoms with van der Waals surface area (Å²) in [6, 6.07) is 22.0. The second-order valence-electron chi connectivity index (χ2n) is 10.5. The fraction of sp³-hybridized carbons (Fsp3) is 0.333. The smallest absolute Gasteiger partial charge is 0.321 e. The van der Waals surface area contributed by atoms with Gasteiger partial charge >= 0.3 is 5.91 Å². The molecule has 2 amide bonds. The topological polar surface area (TPSA) is 90.5 Å². The van der Waals surface area contributed by atoms with E-state index in [0.29, 0.717) is 35.6 Å². The highest BCUT2D eigenvalue weighted by Crippen LogP contribution is 2.42. The molecule has 0 aromatic heterocycles. The van der Waals surface area contributed by atoms with Gasteiger partial charge in [-0.3, -0.25) is 9.44 Å². The lowest BCUT2D eigenvalue weighted by molar-refractivity contribution is -0.822. The first-order chi connectivity index (χ1) is 17.7. The minimum atomic E-state index is -0.842. The molecule has 0 saturated carbocycles. The van der Waals surface area contributed by atoms with E-state index in [9.17, 15) is 14.8 Å². The van der Waals surface area contributed by atoms with E-state index in [-0.39, 0.29) is 29.8 Å². The number of hydroxylamine groups is 3. The van der Waals surface area contributed by atoms with Gasteiger partial charge < -0.3 is 20.6 Å². The van der Waals surface area contributed by atoms with E-state index >= 15 is 0 Å². The first-order valence-electron chi connectivity index (χ1n) is 12.8. The summed E-state index contributed by atoms with van der Waals surface area (Å²) in [6.45, 7) is 4.75. The predicted molar refractivity (Wildman–Crippen MR) is 143 cm³/mol. The average molecular weight is 500 g/mol. The highest BCUT2D eigenvalue weighted by atomic mass is 16.6. The number of nitrogens with zero attached hydrogens (tertiary/aromatic N) is 1. The van der Waals surface area contributed by atoms with Crippen LogP contribution in [0.1, 0.15) is 47.2 Å². The van der Waals surface area contributed by atoms with E-state index in [2.05, 4.69) is 17.6 Å². The summed E-state index contributed by atoms with van der Waals surface area (Å²) >= 11 is 0. The molecule has 7 nitrogen and oxygen atoms in total. The van der Waals surface area contributed by atoms with Crippen molar-refractivity contribution in [2.45, 2.75) is 44.7 Å². The Morgan fingerprint density at radius 2 is 1.78 bits per heavy atom. The van der Waals surface area contributed by atoms with Crippen molar-refractivity contribution in [3.05, 3.63) is 94.7 Å². The molecule has 5 atom stereocenters. The second kappa shape index (κ2) is 10.1. The maximum atomic E-state index is 13.5. The van der Waals surface area contributed by atoms with Gasteiger partial charge in [0.1, 0.15) is 23.5 Å². The SMILES string of the molecule is Cc1ccc(NC(=O)c2cccc(Oc3ccccc3)c2)cc1C1CC2CNC(C)CC2[N+](C)([O-])C1=O. The molecule has 2 fully saturated rings. The van der Waals surface area contributed by atoms with Gasteiger partial charge in [-0.25, -0.2) is 4.79 Å². The minimum absolute atomic E-state index is 0.131. The predicted octanol–water partition coefficient (Wildman–Crippen LogP) is 5.36. The number of hydrogen-bond acceptors (Lipinski definition) is 5. The summed E-state index contributed by atoms with van der Waals surface area (Å²) in [5, 5.41) is 20.0. The Hall–Kier alpha value is -3.52. The molecule has 0 bridgehead atoms. The lowest BCUT2D eigenvalue weighted by Crippen LogP contribution is -2.65.